The average molecular weight is 490 g/mol. The van der Waals surface area contributed by atoms with Gasteiger partial charge in [-0.25, -0.2) is 0 Å². The summed E-state index contributed by atoms with van der Waals surface area (Å²) in [5.41, 5.74) is 9.38. The first-order valence-corrected chi connectivity index (χ1v) is 13.4. The van der Waals surface area contributed by atoms with Crippen molar-refractivity contribution in [1.82, 2.24) is 5.32 Å². The number of fused-ring (bicyclic) bond motifs is 3. The normalized spacial score (nSPS) is 19.1. The second-order valence-electron chi connectivity index (χ2n) is 10.8. The lowest BCUT2D eigenvalue weighted by Crippen LogP contribution is -2.48. The van der Waals surface area contributed by atoms with Crippen LogP contribution in [0.5, 0.6) is 0 Å². The smallest absolute Gasteiger partial charge is 0.254 e. The molecule has 0 aromatic heterocycles. The SMILES string of the molecule is CCC[C@H](C(N)=O)[C@@H](CC(C)C)C(=O)NC1C(=O)N(CC2CCC2)c2ccccc2-c2ccccc21. The van der Waals surface area contributed by atoms with Crippen LogP contribution >= 0.6 is 0 Å². The molecule has 2 aromatic carbocycles. The van der Waals surface area contributed by atoms with Gasteiger partial charge in [0, 0.05) is 23.9 Å². The van der Waals surface area contributed by atoms with Crippen LogP contribution in [0.4, 0.5) is 5.69 Å². The van der Waals surface area contributed by atoms with Crippen LogP contribution in [-0.2, 0) is 14.4 Å². The van der Waals surface area contributed by atoms with Gasteiger partial charge in [0.25, 0.3) is 5.91 Å². The molecule has 36 heavy (non-hydrogen) atoms. The zero-order chi connectivity index (χ0) is 25.8. The molecule has 4 rings (SSSR count). The highest BCUT2D eigenvalue weighted by molar-refractivity contribution is 6.06. The van der Waals surface area contributed by atoms with E-state index in [-0.39, 0.29) is 17.7 Å². The van der Waals surface area contributed by atoms with Crippen LogP contribution in [0.2, 0.25) is 0 Å². The summed E-state index contributed by atoms with van der Waals surface area (Å²) < 4.78 is 0. The molecule has 1 aliphatic carbocycles. The number of carbonyl (C=O) groups is 3. The van der Waals surface area contributed by atoms with Gasteiger partial charge in [-0.2, -0.15) is 0 Å². The highest BCUT2D eigenvalue weighted by atomic mass is 16.2. The fraction of sp³-hybridized carbons (Fsp3) is 0.500. The lowest BCUT2D eigenvalue weighted by molar-refractivity contribution is -0.136. The number of rotatable bonds is 10. The first-order valence-electron chi connectivity index (χ1n) is 13.4. The molecule has 3 amide bonds. The third kappa shape index (κ3) is 5.32. The largest absolute Gasteiger partial charge is 0.369 e. The van der Waals surface area contributed by atoms with E-state index in [4.69, 9.17) is 5.73 Å². The van der Waals surface area contributed by atoms with E-state index in [1.807, 2.05) is 74.2 Å². The van der Waals surface area contributed by atoms with Gasteiger partial charge < -0.3 is 16.0 Å². The summed E-state index contributed by atoms with van der Waals surface area (Å²) in [7, 11) is 0. The number of nitrogens with two attached hydrogens (primary N) is 1. The Morgan fingerprint density at radius 2 is 1.69 bits per heavy atom. The predicted molar refractivity (Wildman–Crippen MR) is 143 cm³/mol. The zero-order valence-electron chi connectivity index (χ0n) is 21.7. The summed E-state index contributed by atoms with van der Waals surface area (Å²) in [6, 6.07) is 15.0. The van der Waals surface area contributed by atoms with Crippen LogP contribution in [-0.4, -0.2) is 24.3 Å². The van der Waals surface area contributed by atoms with E-state index < -0.39 is 23.8 Å². The lowest BCUT2D eigenvalue weighted by atomic mass is 9.81. The number of hydrogen-bond donors (Lipinski definition) is 2. The molecule has 2 aliphatic rings. The van der Waals surface area contributed by atoms with Crippen LogP contribution in [0.25, 0.3) is 11.1 Å². The number of amides is 3. The number of benzene rings is 2. The van der Waals surface area contributed by atoms with Crippen molar-refractivity contribution in [1.29, 1.82) is 0 Å². The summed E-state index contributed by atoms with van der Waals surface area (Å²) in [6.45, 7) is 6.70. The van der Waals surface area contributed by atoms with Crippen LogP contribution < -0.4 is 16.0 Å². The Hall–Kier alpha value is -3.15. The van der Waals surface area contributed by atoms with Crippen LogP contribution in [0.3, 0.4) is 0 Å². The van der Waals surface area contributed by atoms with Crippen molar-refractivity contribution in [3.8, 4) is 11.1 Å². The van der Waals surface area contributed by atoms with E-state index in [0.29, 0.717) is 25.3 Å². The fourth-order valence-electron chi connectivity index (χ4n) is 5.66. The molecule has 1 heterocycles. The number of anilines is 1. The average Bonchev–Trinajstić information content (AvgIpc) is 2.92. The van der Waals surface area contributed by atoms with Gasteiger partial charge in [0.15, 0.2) is 0 Å². The molecular formula is C30H39N3O3. The standard InChI is InChI=1S/C30H39N3O3/c1-4-10-24(28(31)34)25(17-19(2)3)29(35)32-27-23-15-6-5-13-21(23)22-14-7-8-16-26(22)33(30(27)36)18-20-11-9-12-20/h5-8,13-16,19-20,24-25,27H,4,9-12,17-18H2,1-3H3,(H2,31,34)(H,32,35)/t24-,25+,27?/m0/s1. The molecule has 192 valence electrons. The minimum atomic E-state index is -0.828. The molecule has 3 N–H and O–H groups in total. The summed E-state index contributed by atoms with van der Waals surface area (Å²) >= 11 is 0. The Morgan fingerprint density at radius 1 is 1.03 bits per heavy atom. The summed E-state index contributed by atoms with van der Waals surface area (Å²) in [4.78, 5) is 42.2. The van der Waals surface area contributed by atoms with Gasteiger partial charge >= 0.3 is 0 Å². The van der Waals surface area contributed by atoms with Crippen molar-refractivity contribution in [2.24, 2.45) is 29.4 Å². The Kier molecular flexibility index (Phi) is 8.12. The fourth-order valence-corrected chi connectivity index (χ4v) is 5.66. The van der Waals surface area contributed by atoms with E-state index >= 15 is 0 Å². The molecule has 0 spiro atoms. The molecule has 3 atom stereocenters. The first-order chi connectivity index (χ1) is 17.3. The van der Waals surface area contributed by atoms with Crippen molar-refractivity contribution in [2.45, 2.75) is 65.3 Å². The Bertz CT molecular complexity index is 1110. The highest BCUT2D eigenvalue weighted by Gasteiger charge is 2.39. The zero-order valence-corrected chi connectivity index (χ0v) is 21.7. The molecule has 2 aromatic rings. The minimum Gasteiger partial charge on any atom is -0.369 e. The Labute approximate surface area is 214 Å². The van der Waals surface area contributed by atoms with Gasteiger partial charge in [-0.3, -0.25) is 14.4 Å². The number of hydrogen-bond acceptors (Lipinski definition) is 3. The van der Waals surface area contributed by atoms with E-state index in [9.17, 15) is 14.4 Å². The predicted octanol–water partition coefficient (Wildman–Crippen LogP) is 5.22. The third-order valence-corrected chi connectivity index (χ3v) is 7.73. The van der Waals surface area contributed by atoms with Gasteiger partial charge in [0.1, 0.15) is 6.04 Å². The van der Waals surface area contributed by atoms with Crippen molar-refractivity contribution in [3.63, 3.8) is 0 Å². The van der Waals surface area contributed by atoms with Crippen LogP contribution in [0.1, 0.15) is 70.9 Å². The number of nitrogens with zero attached hydrogens (tertiary/aromatic N) is 1. The van der Waals surface area contributed by atoms with Gasteiger partial charge in [0.2, 0.25) is 11.8 Å². The van der Waals surface area contributed by atoms with Crippen molar-refractivity contribution in [3.05, 3.63) is 54.1 Å². The lowest BCUT2D eigenvalue weighted by Gasteiger charge is -2.34. The van der Waals surface area contributed by atoms with Gasteiger partial charge in [-0.05, 0) is 54.7 Å². The Morgan fingerprint density at radius 3 is 2.31 bits per heavy atom. The number of para-hydroxylation sites is 1. The second-order valence-corrected chi connectivity index (χ2v) is 10.8. The molecule has 1 unspecified atom stereocenters. The molecule has 1 saturated carbocycles. The van der Waals surface area contributed by atoms with Crippen molar-refractivity contribution < 1.29 is 14.4 Å². The monoisotopic (exact) mass is 489 g/mol. The van der Waals surface area contributed by atoms with Crippen LogP contribution in [0, 0.1) is 23.7 Å². The molecule has 0 radical (unpaired) electrons. The number of primary amides is 1. The minimum absolute atomic E-state index is 0.123. The summed E-state index contributed by atoms with van der Waals surface area (Å²) in [5, 5.41) is 3.10. The first kappa shape index (κ1) is 25.9. The van der Waals surface area contributed by atoms with E-state index in [0.717, 1.165) is 41.6 Å². The van der Waals surface area contributed by atoms with E-state index in [1.165, 1.54) is 6.42 Å². The summed E-state index contributed by atoms with van der Waals surface area (Å²) in [5.74, 6) is -1.31. The van der Waals surface area contributed by atoms with Gasteiger partial charge in [-0.1, -0.05) is 76.1 Å². The molecule has 6 heteroatoms. The van der Waals surface area contributed by atoms with E-state index in [1.54, 1.807) is 0 Å². The third-order valence-electron chi connectivity index (χ3n) is 7.73. The molecule has 1 aliphatic heterocycles. The van der Waals surface area contributed by atoms with Gasteiger partial charge in [-0.15, -0.1) is 0 Å². The summed E-state index contributed by atoms with van der Waals surface area (Å²) in [6.07, 6.45) is 5.26. The van der Waals surface area contributed by atoms with E-state index in [2.05, 4.69) is 5.32 Å². The molecule has 0 saturated heterocycles. The van der Waals surface area contributed by atoms with Gasteiger partial charge in [0.05, 0.1) is 5.69 Å². The number of carbonyl (C=O) groups excluding carboxylic acids is 3. The van der Waals surface area contributed by atoms with Crippen LogP contribution in [0.15, 0.2) is 48.5 Å². The highest BCUT2D eigenvalue weighted by Crippen LogP contribution is 2.42. The second kappa shape index (κ2) is 11.3. The maximum absolute atomic E-state index is 14.2. The molecular weight excluding hydrogens is 450 g/mol. The van der Waals surface area contributed by atoms with Crippen molar-refractivity contribution >= 4 is 23.4 Å². The Balaban J connectivity index is 1.74. The van der Waals surface area contributed by atoms with Crippen molar-refractivity contribution in [2.75, 3.05) is 11.4 Å². The molecule has 1 fully saturated rings. The number of nitrogens with one attached hydrogen (secondary N) is 1. The maximum atomic E-state index is 14.2. The quantitative estimate of drug-likeness (QED) is 0.479. The molecule has 0 bridgehead atoms. The molecule has 6 nitrogen and oxygen atoms in total. The maximum Gasteiger partial charge on any atom is 0.254 e. The topological polar surface area (TPSA) is 92.5 Å².